The van der Waals surface area contributed by atoms with Gasteiger partial charge in [0.2, 0.25) is 18.0 Å². The van der Waals surface area contributed by atoms with Gasteiger partial charge in [0.1, 0.15) is 0 Å². The first-order valence-corrected chi connectivity index (χ1v) is 11.1. The minimum absolute atomic E-state index is 0.130. The van der Waals surface area contributed by atoms with E-state index in [4.69, 9.17) is 4.74 Å². The molecule has 5 nitrogen and oxygen atoms in total. The van der Waals surface area contributed by atoms with E-state index < -0.39 is 6.23 Å². The van der Waals surface area contributed by atoms with E-state index in [2.05, 4.69) is 84.2 Å². The Morgan fingerprint density at radius 1 is 0.938 bits per heavy atom. The van der Waals surface area contributed by atoms with Gasteiger partial charge in [0, 0.05) is 47.3 Å². The SMILES string of the molecule is CC(=O)N1N=C(CCn2c3ccccc3c3ccccc32)O[C@@H]1c1ccc(C(C)C)cc1. The molecule has 0 bridgehead atoms. The fraction of sp³-hybridized carbons (Fsp3) is 0.259. The lowest BCUT2D eigenvalue weighted by Gasteiger charge is -2.20. The van der Waals surface area contributed by atoms with Crippen molar-refractivity contribution in [1.29, 1.82) is 0 Å². The van der Waals surface area contributed by atoms with Crippen LogP contribution in [0.5, 0.6) is 0 Å². The van der Waals surface area contributed by atoms with Crippen molar-refractivity contribution in [3.8, 4) is 0 Å². The Morgan fingerprint density at radius 3 is 2.09 bits per heavy atom. The molecule has 5 rings (SSSR count). The molecule has 1 atom stereocenters. The molecule has 4 aromatic rings. The molecular weight excluding hydrogens is 398 g/mol. The third kappa shape index (κ3) is 3.54. The van der Waals surface area contributed by atoms with Crippen molar-refractivity contribution in [3.63, 3.8) is 0 Å². The van der Waals surface area contributed by atoms with E-state index in [9.17, 15) is 4.79 Å². The molecule has 162 valence electrons. The molecule has 1 amide bonds. The summed E-state index contributed by atoms with van der Waals surface area (Å²) in [6.45, 7) is 6.58. The maximum absolute atomic E-state index is 12.3. The summed E-state index contributed by atoms with van der Waals surface area (Å²) in [5.74, 6) is 0.908. The topological polar surface area (TPSA) is 46.8 Å². The van der Waals surface area contributed by atoms with E-state index in [0.29, 0.717) is 18.2 Å². The Morgan fingerprint density at radius 2 is 1.53 bits per heavy atom. The number of ether oxygens (including phenoxy) is 1. The van der Waals surface area contributed by atoms with Crippen molar-refractivity contribution >= 4 is 33.6 Å². The lowest BCUT2D eigenvalue weighted by Crippen LogP contribution is -2.25. The predicted octanol–water partition coefficient (Wildman–Crippen LogP) is 6.20. The number of carbonyl (C=O) groups is 1. The van der Waals surface area contributed by atoms with Gasteiger partial charge in [-0.15, -0.1) is 5.10 Å². The van der Waals surface area contributed by atoms with Crippen LogP contribution in [0.4, 0.5) is 0 Å². The zero-order valence-electron chi connectivity index (χ0n) is 18.7. The van der Waals surface area contributed by atoms with Crippen molar-refractivity contribution < 1.29 is 9.53 Å². The fourth-order valence-electron chi connectivity index (χ4n) is 4.43. The minimum atomic E-state index is -0.512. The zero-order chi connectivity index (χ0) is 22.2. The first-order valence-electron chi connectivity index (χ1n) is 11.1. The van der Waals surface area contributed by atoms with Gasteiger partial charge in [-0.1, -0.05) is 74.5 Å². The van der Waals surface area contributed by atoms with Gasteiger partial charge in [0.05, 0.1) is 0 Å². The fourth-order valence-corrected chi connectivity index (χ4v) is 4.43. The summed E-state index contributed by atoms with van der Waals surface area (Å²) in [6, 6.07) is 25.1. The standard InChI is InChI=1S/C27H27N3O2/c1-18(2)20-12-14-21(15-13-20)27-30(19(3)31)28-26(32-27)16-17-29-24-10-6-4-8-22(24)23-9-5-7-11-25(23)29/h4-15,18,27H,16-17H2,1-3H3/t27-/m1/s1. The second-order valence-corrected chi connectivity index (χ2v) is 8.58. The summed E-state index contributed by atoms with van der Waals surface area (Å²) in [7, 11) is 0. The largest absolute Gasteiger partial charge is 0.449 e. The maximum atomic E-state index is 12.3. The number of carbonyl (C=O) groups excluding carboxylic acids is 1. The molecule has 0 fully saturated rings. The Bertz CT molecular complexity index is 1260. The van der Waals surface area contributed by atoms with Crippen LogP contribution in [0.2, 0.25) is 0 Å². The summed E-state index contributed by atoms with van der Waals surface area (Å²) >= 11 is 0. The van der Waals surface area contributed by atoms with Crippen LogP contribution < -0.4 is 0 Å². The highest BCUT2D eigenvalue weighted by Gasteiger charge is 2.32. The second kappa shape index (κ2) is 8.15. The molecule has 0 aliphatic carbocycles. The summed E-state index contributed by atoms with van der Waals surface area (Å²) in [4.78, 5) is 12.3. The van der Waals surface area contributed by atoms with Gasteiger partial charge in [0.25, 0.3) is 0 Å². The predicted molar refractivity (Wildman–Crippen MR) is 128 cm³/mol. The van der Waals surface area contributed by atoms with Crippen molar-refractivity contribution in [1.82, 2.24) is 9.58 Å². The molecule has 2 heterocycles. The van der Waals surface area contributed by atoms with E-state index >= 15 is 0 Å². The highest BCUT2D eigenvalue weighted by molar-refractivity contribution is 6.08. The average Bonchev–Trinajstić information content (AvgIpc) is 3.37. The van der Waals surface area contributed by atoms with Gasteiger partial charge in [-0.2, -0.15) is 5.01 Å². The number of hydrogen-bond acceptors (Lipinski definition) is 3. The molecule has 32 heavy (non-hydrogen) atoms. The molecule has 0 saturated carbocycles. The lowest BCUT2D eigenvalue weighted by molar-refractivity contribution is -0.135. The molecule has 0 N–H and O–H groups in total. The van der Waals surface area contributed by atoms with E-state index in [1.54, 1.807) is 0 Å². The van der Waals surface area contributed by atoms with Crippen molar-refractivity contribution in [3.05, 3.63) is 83.9 Å². The van der Waals surface area contributed by atoms with Crippen LogP contribution in [0.1, 0.15) is 50.5 Å². The molecule has 3 aromatic carbocycles. The first-order chi connectivity index (χ1) is 15.5. The van der Waals surface area contributed by atoms with E-state index in [-0.39, 0.29) is 5.91 Å². The summed E-state index contributed by atoms with van der Waals surface area (Å²) < 4.78 is 8.49. The average molecular weight is 426 g/mol. The molecule has 1 aliphatic rings. The van der Waals surface area contributed by atoms with Gasteiger partial charge in [0.15, 0.2) is 0 Å². The van der Waals surface area contributed by atoms with Gasteiger partial charge < -0.3 is 9.30 Å². The number of rotatable bonds is 5. The Balaban J connectivity index is 1.40. The lowest BCUT2D eigenvalue weighted by atomic mass is 10.0. The van der Waals surface area contributed by atoms with Crippen LogP contribution in [-0.4, -0.2) is 21.4 Å². The molecule has 1 aromatic heterocycles. The molecule has 0 unspecified atom stereocenters. The number of amides is 1. The number of aromatic nitrogens is 1. The Kier molecular flexibility index (Phi) is 5.17. The third-order valence-electron chi connectivity index (χ3n) is 6.13. The number of hydrazone groups is 1. The van der Waals surface area contributed by atoms with Crippen molar-refractivity contribution in [2.45, 2.75) is 45.9 Å². The molecule has 5 heteroatoms. The number of nitrogens with zero attached hydrogens (tertiary/aromatic N) is 3. The van der Waals surface area contributed by atoms with Crippen LogP contribution in [-0.2, 0) is 16.1 Å². The van der Waals surface area contributed by atoms with Crippen LogP contribution in [0.3, 0.4) is 0 Å². The Labute approximate surface area is 187 Å². The summed E-state index contributed by atoms with van der Waals surface area (Å²) in [5, 5.41) is 8.46. The van der Waals surface area contributed by atoms with Crippen molar-refractivity contribution in [2.24, 2.45) is 5.10 Å². The van der Waals surface area contributed by atoms with Gasteiger partial charge in [-0.3, -0.25) is 4.79 Å². The number of aryl methyl sites for hydroxylation is 1. The van der Waals surface area contributed by atoms with E-state index in [1.807, 2.05) is 12.1 Å². The summed E-state index contributed by atoms with van der Waals surface area (Å²) in [6.07, 6.45) is 0.0920. The van der Waals surface area contributed by atoms with E-state index in [1.165, 1.54) is 39.3 Å². The minimum Gasteiger partial charge on any atom is -0.449 e. The van der Waals surface area contributed by atoms with Crippen molar-refractivity contribution in [2.75, 3.05) is 0 Å². The molecule has 0 saturated heterocycles. The van der Waals surface area contributed by atoms with Gasteiger partial charge in [-0.05, 0) is 23.6 Å². The first kappa shape index (κ1) is 20.3. The quantitative estimate of drug-likeness (QED) is 0.382. The summed E-state index contributed by atoms with van der Waals surface area (Å²) in [5.41, 5.74) is 4.57. The number of para-hydroxylation sites is 2. The molecule has 0 spiro atoms. The second-order valence-electron chi connectivity index (χ2n) is 8.58. The third-order valence-corrected chi connectivity index (χ3v) is 6.13. The van der Waals surface area contributed by atoms with Gasteiger partial charge >= 0.3 is 0 Å². The maximum Gasteiger partial charge on any atom is 0.243 e. The van der Waals surface area contributed by atoms with Crippen LogP contribution in [0, 0.1) is 0 Å². The van der Waals surface area contributed by atoms with Crippen LogP contribution in [0.15, 0.2) is 77.9 Å². The Hall–Kier alpha value is -3.60. The molecule has 1 aliphatic heterocycles. The number of hydrogen-bond donors (Lipinski definition) is 0. The smallest absolute Gasteiger partial charge is 0.243 e. The number of benzene rings is 3. The zero-order valence-corrected chi connectivity index (χ0v) is 18.7. The highest BCUT2D eigenvalue weighted by Crippen LogP contribution is 2.32. The van der Waals surface area contributed by atoms with E-state index in [0.717, 1.165) is 12.1 Å². The monoisotopic (exact) mass is 425 g/mol. The normalized spacial score (nSPS) is 16.1. The van der Waals surface area contributed by atoms with Gasteiger partial charge in [-0.25, -0.2) is 0 Å². The molecular formula is C27H27N3O2. The number of fused-ring (bicyclic) bond motifs is 3. The molecule has 0 radical (unpaired) electrons. The highest BCUT2D eigenvalue weighted by atomic mass is 16.5. The van der Waals surface area contributed by atoms with Crippen LogP contribution >= 0.6 is 0 Å². The van der Waals surface area contributed by atoms with Crippen LogP contribution in [0.25, 0.3) is 21.8 Å².